The number of nitrogens with one attached hydrogen (secondary N) is 2. The molecule has 0 aliphatic carbocycles. The number of carbonyl (C=O) groups is 1. The van der Waals surface area contributed by atoms with Gasteiger partial charge >= 0.3 is 0 Å². The molecule has 0 radical (unpaired) electrons. The maximum atomic E-state index is 12.4. The fourth-order valence-electron chi connectivity index (χ4n) is 3.46. The van der Waals surface area contributed by atoms with E-state index in [1.807, 2.05) is 24.3 Å². The number of anilines is 1. The van der Waals surface area contributed by atoms with E-state index in [9.17, 15) is 14.9 Å². The van der Waals surface area contributed by atoms with Gasteiger partial charge in [-0.15, -0.1) is 0 Å². The van der Waals surface area contributed by atoms with E-state index in [0.29, 0.717) is 37.0 Å². The van der Waals surface area contributed by atoms with E-state index < -0.39 is 4.92 Å². The molecule has 0 bridgehead atoms. The van der Waals surface area contributed by atoms with Crippen LogP contribution < -0.4 is 10.6 Å². The maximum Gasteiger partial charge on any atom is 0.292 e. The van der Waals surface area contributed by atoms with Crippen LogP contribution in [0.25, 0.3) is 0 Å². The van der Waals surface area contributed by atoms with Crippen molar-refractivity contribution in [2.24, 2.45) is 0 Å². The summed E-state index contributed by atoms with van der Waals surface area (Å²) in [6.45, 7) is 3.55. The topological polar surface area (TPSA) is 96.7 Å². The number of amides is 1. The summed E-state index contributed by atoms with van der Waals surface area (Å²) in [4.78, 5) is 25.3. The molecule has 1 amide bonds. The Morgan fingerprint density at radius 2 is 1.87 bits per heavy atom. The predicted molar refractivity (Wildman–Crippen MR) is 116 cm³/mol. The van der Waals surface area contributed by atoms with Crippen LogP contribution in [0.1, 0.15) is 18.0 Å². The van der Waals surface area contributed by atoms with Crippen LogP contribution in [0, 0.1) is 10.1 Å². The molecule has 1 fully saturated rings. The molecule has 2 N–H and O–H groups in total. The first kappa shape index (κ1) is 22.0. The van der Waals surface area contributed by atoms with E-state index in [2.05, 4.69) is 15.5 Å². The van der Waals surface area contributed by atoms with Crippen molar-refractivity contribution in [2.75, 3.05) is 44.7 Å². The third-order valence-electron chi connectivity index (χ3n) is 5.01. The van der Waals surface area contributed by atoms with Crippen LogP contribution in [-0.4, -0.2) is 55.1 Å². The maximum absolute atomic E-state index is 12.4. The van der Waals surface area contributed by atoms with Gasteiger partial charge in [-0.3, -0.25) is 19.8 Å². The van der Waals surface area contributed by atoms with Crippen LogP contribution in [0.2, 0.25) is 5.02 Å². The van der Waals surface area contributed by atoms with Crippen molar-refractivity contribution >= 4 is 28.9 Å². The molecule has 0 aromatic heterocycles. The van der Waals surface area contributed by atoms with Crippen LogP contribution in [0.15, 0.2) is 48.5 Å². The van der Waals surface area contributed by atoms with Crippen LogP contribution in [-0.2, 0) is 9.53 Å². The molecule has 1 aliphatic heterocycles. The highest BCUT2D eigenvalue weighted by molar-refractivity contribution is 6.31. The molecule has 2 aromatic rings. The number of hydrogen-bond acceptors (Lipinski definition) is 6. The molecule has 9 heteroatoms. The molecule has 3 rings (SSSR count). The fraction of sp³-hybridized carbons (Fsp3) is 0.381. The number of nitro groups is 1. The minimum absolute atomic E-state index is 0.0102. The Morgan fingerprint density at radius 3 is 2.60 bits per heavy atom. The molecule has 1 aliphatic rings. The van der Waals surface area contributed by atoms with Crippen LogP contribution in [0.5, 0.6) is 0 Å². The third kappa shape index (κ3) is 5.91. The van der Waals surface area contributed by atoms with Crippen LogP contribution >= 0.6 is 11.6 Å². The molecule has 1 unspecified atom stereocenters. The Morgan fingerprint density at radius 1 is 1.17 bits per heavy atom. The number of nitro benzene ring substituents is 1. The fourth-order valence-corrected chi connectivity index (χ4v) is 3.72. The van der Waals surface area contributed by atoms with E-state index in [4.69, 9.17) is 16.3 Å². The van der Waals surface area contributed by atoms with Gasteiger partial charge in [0.15, 0.2) is 0 Å². The second-order valence-electron chi connectivity index (χ2n) is 6.94. The Bertz CT molecular complexity index is 874. The lowest BCUT2D eigenvalue weighted by Crippen LogP contribution is -2.44. The summed E-state index contributed by atoms with van der Waals surface area (Å²) in [6.07, 6.45) is 0.199. The van der Waals surface area contributed by atoms with Gasteiger partial charge in [0, 0.05) is 43.7 Å². The minimum atomic E-state index is -0.445. The quantitative estimate of drug-likeness (QED) is 0.466. The molecule has 0 saturated carbocycles. The van der Waals surface area contributed by atoms with Gasteiger partial charge in [-0.2, -0.15) is 0 Å². The third-order valence-corrected chi connectivity index (χ3v) is 5.36. The normalized spacial score (nSPS) is 15.4. The lowest BCUT2D eigenvalue weighted by molar-refractivity contribution is -0.384. The Kier molecular flexibility index (Phi) is 8.01. The number of ether oxygens (including phenoxy) is 1. The first-order chi connectivity index (χ1) is 14.6. The average molecular weight is 433 g/mol. The molecule has 1 heterocycles. The summed E-state index contributed by atoms with van der Waals surface area (Å²) >= 11 is 6.41. The second-order valence-corrected chi connectivity index (χ2v) is 7.35. The van der Waals surface area contributed by atoms with Gasteiger partial charge in [0.1, 0.15) is 5.69 Å². The van der Waals surface area contributed by atoms with Crippen molar-refractivity contribution in [1.29, 1.82) is 0 Å². The Hall–Kier alpha value is -2.68. The average Bonchev–Trinajstić information content (AvgIpc) is 2.76. The number of carbonyl (C=O) groups excluding carboxylic acids is 1. The van der Waals surface area contributed by atoms with E-state index in [0.717, 1.165) is 18.7 Å². The summed E-state index contributed by atoms with van der Waals surface area (Å²) in [5.41, 5.74) is 1.36. The highest BCUT2D eigenvalue weighted by Crippen LogP contribution is 2.28. The van der Waals surface area contributed by atoms with Crippen LogP contribution in [0.4, 0.5) is 11.4 Å². The molecule has 8 nitrogen and oxygen atoms in total. The molecule has 2 aromatic carbocycles. The minimum Gasteiger partial charge on any atom is -0.379 e. The summed E-state index contributed by atoms with van der Waals surface area (Å²) in [5, 5.41) is 17.7. The second kappa shape index (κ2) is 10.9. The van der Waals surface area contributed by atoms with Gasteiger partial charge in [0.05, 0.1) is 24.2 Å². The van der Waals surface area contributed by atoms with Crippen molar-refractivity contribution < 1.29 is 14.5 Å². The zero-order chi connectivity index (χ0) is 21.3. The van der Waals surface area contributed by atoms with Crippen molar-refractivity contribution in [3.05, 3.63) is 69.2 Å². The smallest absolute Gasteiger partial charge is 0.292 e. The van der Waals surface area contributed by atoms with E-state index in [1.165, 1.54) is 6.07 Å². The highest BCUT2D eigenvalue weighted by atomic mass is 35.5. The van der Waals surface area contributed by atoms with Gasteiger partial charge in [-0.1, -0.05) is 41.9 Å². The summed E-state index contributed by atoms with van der Waals surface area (Å²) in [5.74, 6) is -0.133. The number of para-hydroxylation sites is 2. The standard InChI is InChI=1S/C21H25ClN4O4/c22-17-6-2-1-5-16(17)20(25-11-13-30-14-12-25)15-24-21(27)9-10-23-18-7-3-4-8-19(18)26(28)29/h1-8,20,23H,9-15H2,(H,24,27). The molecular formula is C21H25ClN4O4. The summed E-state index contributed by atoms with van der Waals surface area (Å²) in [7, 11) is 0. The predicted octanol–water partition coefficient (Wildman–Crippen LogP) is 3.24. The van der Waals surface area contributed by atoms with Gasteiger partial charge < -0.3 is 15.4 Å². The number of nitrogens with zero attached hydrogens (tertiary/aromatic N) is 2. The van der Waals surface area contributed by atoms with Gasteiger partial charge in [0.2, 0.25) is 5.91 Å². The van der Waals surface area contributed by atoms with Crippen molar-refractivity contribution in [3.8, 4) is 0 Å². The van der Waals surface area contributed by atoms with Crippen molar-refractivity contribution in [2.45, 2.75) is 12.5 Å². The molecule has 30 heavy (non-hydrogen) atoms. The van der Waals surface area contributed by atoms with E-state index in [-0.39, 0.29) is 24.1 Å². The first-order valence-corrected chi connectivity index (χ1v) is 10.2. The number of morpholine rings is 1. The van der Waals surface area contributed by atoms with E-state index in [1.54, 1.807) is 18.2 Å². The lowest BCUT2D eigenvalue weighted by atomic mass is 10.0. The van der Waals surface area contributed by atoms with Crippen molar-refractivity contribution in [1.82, 2.24) is 10.2 Å². The highest BCUT2D eigenvalue weighted by Gasteiger charge is 2.24. The molecule has 1 saturated heterocycles. The molecule has 0 spiro atoms. The largest absolute Gasteiger partial charge is 0.379 e. The zero-order valence-electron chi connectivity index (χ0n) is 16.6. The molecular weight excluding hydrogens is 408 g/mol. The number of hydrogen-bond donors (Lipinski definition) is 2. The Labute approximate surface area is 180 Å². The summed E-state index contributed by atoms with van der Waals surface area (Å²) < 4.78 is 5.44. The summed E-state index contributed by atoms with van der Waals surface area (Å²) in [6, 6.07) is 14.0. The van der Waals surface area contributed by atoms with Gasteiger partial charge in [-0.25, -0.2) is 0 Å². The molecule has 1 atom stereocenters. The number of rotatable bonds is 9. The van der Waals surface area contributed by atoms with Gasteiger partial charge in [0.25, 0.3) is 5.69 Å². The van der Waals surface area contributed by atoms with Crippen LogP contribution in [0.3, 0.4) is 0 Å². The first-order valence-electron chi connectivity index (χ1n) is 9.86. The molecule has 160 valence electrons. The lowest BCUT2D eigenvalue weighted by Gasteiger charge is -2.35. The number of benzene rings is 2. The van der Waals surface area contributed by atoms with Gasteiger partial charge in [-0.05, 0) is 17.7 Å². The van der Waals surface area contributed by atoms with Crippen molar-refractivity contribution in [3.63, 3.8) is 0 Å². The van der Waals surface area contributed by atoms with E-state index >= 15 is 0 Å². The monoisotopic (exact) mass is 432 g/mol. The SMILES string of the molecule is O=C(CCNc1ccccc1[N+](=O)[O-])NCC(c1ccccc1Cl)N1CCOCC1. The Balaban J connectivity index is 1.56. The zero-order valence-corrected chi connectivity index (χ0v) is 17.3. The number of halogens is 1.